The first kappa shape index (κ1) is 13.6. The molecule has 0 atom stereocenters. The number of benzene rings is 1. The van der Waals surface area contributed by atoms with E-state index in [0.29, 0.717) is 18.4 Å². The fourth-order valence-electron chi connectivity index (χ4n) is 1.77. The van der Waals surface area contributed by atoms with E-state index in [1.807, 2.05) is 36.4 Å². The summed E-state index contributed by atoms with van der Waals surface area (Å²) in [6.07, 6.45) is 0. The van der Waals surface area contributed by atoms with Crippen LogP contribution in [0.25, 0.3) is 0 Å². The minimum atomic E-state index is 0.00391. The molecule has 1 heterocycles. The largest absolute Gasteiger partial charge is 0.473 e. The number of hydrogen-bond acceptors (Lipinski definition) is 3. The predicted octanol–water partition coefficient (Wildman–Crippen LogP) is 3.28. The van der Waals surface area contributed by atoms with Crippen molar-refractivity contribution in [2.24, 2.45) is 0 Å². The number of ether oxygens (including phenoxy) is 1. The van der Waals surface area contributed by atoms with Gasteiger partial charge in [0.25, 0.3) is 0 Å². The van der Waals surface area contributed by atoms with Gasteiger partial charge in [-0.05, 0) is 23.1 Å². The van der Waals surface area contributed by atoms with E-state index in [9.17, 15) is 5.11 Å². The standard InChI is InChI=1S/C16H19NO2/c1-12(2)15-8-14(10-18)9-16(17-15)19-11-13-6-4-3-5-7-13/h3-9,12,18H,10-11H2,1-2H3. The Bertz CT molecular complexity index is 524. The van der Waals surface area contributed by atoms with Crippen molar-refractivity contribution in [3.05, 3.63) is 59.3 Å². The highest BCUT2D eigenvalue weighted by Crippen LogP contribution is 2.19. The third-order valence-corrected chi connectivity index (χ3v) is 2.89. The number of rotatable bonds is 5. The van der Waals surface area contributed by atoms with E-state index in [1.54, 1.807) is 6.07 Å². The number of aliphatic hydroxyl groups excluding tert-OH is 1. The number of aliphatic hydroxyl groups is 1. The lowest BCUT2D eigenvalue weighted by Gasteiger charge is -2.11. The number of hydrogen-bond donors (Lipinski definition) is 1. The van der Waals surface area contributed by atoms with E-state index >= 15 is 0 Å². The lowest BCUT2D eigenvalue weighted by Crippen LogP contribution is -2.02. The minimum Gasteiger partial charge on any atom is -0.473 e. The maximum absolute atomic E-state index is 9.27. The first-order valence-corrected chi connectivity index (χ1v) is 6.47. The van der Waals surface area contributed by atoms with Crippen LogP contribution in [0, 0.1) is 0 Å². The molecule has 0 aliphatic carbocycles. The van der Waals surface area contributed by atoms with Crippen LogP contribution in [-0.4, -0.2) is 10.1 Å². The molecule has 1 aromatic carbocycles. The van der Waals surface area contributed by atoms with Crippen molar-refractivity contribution in [3.63, 3.8) is 0 Å². The zero-order valence-electron chi connectivity index (χ0n) is 11.3. The number of aromatic nitrogens is 1. The van der Waals surface area contributed by atoms with Crippen molar-refractivity contribution in [2.75, 3.05) is 0 Å². The summed E-state index contributed by atoms with van der Waals surface area (Å²) in [6.45, 7) is 4.64. The molecular formula is C16H19NO2. The Labute approximate surface area is 113 Å². The molecule has 0 saturated carbocycles. The quantitative estimate of drug-likeness (QED) is 0.893. The normalized spacial score (nSPS) is 10.7. The minimum absolute atomic E-state index is 0.00391. The summed E-state index contributed by atoms with van der Waals surface area (Å²) >= 11 is 0. The lowest BCUT2D eigenvalue weighted by atomic mass is 10.1. The maximum atomic E-state index is 9.27. The second-order valence-electron chi connectivity index (χ2n) is 4.83. The summed E-state index contributed by atoms with van der Waals surface area (Å²) in [5, 5.41) is 9.27. The summed E-state index contributed by atoms with van der Waals surface area (Å²) in [5.74, 6) is 0.879. The highest BCUT2D eigenvalue weighted by molar-refractivity contribution is 5.26. The second-order valence-corrected chi connectivity index (χ2v) is 4.83. The van der Waals surface area contributed by atoms with Crippen molar-refractivity contribution < 1.29 is 9.84 Å². The van der Waals surface area contributed by atoms with E-state index in [2.05, 4.69) is 18.8 Å². The molecule has 2 aromatic rings. The van der Waals surface area contributed by atoms with Crippen LogP contribution in [0.3, 0.4) is 0 Å². The van der Waals surface area contributed by atoms with Crippen LogP contribution in [0.15, 0.2) is 42.5 Å². The number of nitrogens with zero attached hydrogens (tertiary/aromatic N) is 1. The van der Waals surface area contributed by atoms with Crippen LogP contribution in [0.4, 0.5) is 0 Å². The van der Waals surface area contributed by atoms with Gasteiger partial charge in [0.2, 0.25) is 5.88 Å². The first-order chi connectivity index (χ1) is 9.19. The van der Waals surface area contributed by atoms with Crippen LogP contribution in [0.5, 0.6) is 5.88 Å². The molecule has 1 aromatic heterocycles. The molecule has 3 nitrogen and oxygen atoms in total. The van der Waals surface area contributed by atoms with Crippen molar-refractivity contribution in [3.8, 4) is 5.88 Å². The third-order valence-electron chi connectivity index (χ3n) is 2.89. The Morgan fingerprint density at radius 2 is 1.84 bits per heavy atom. The summed E-state index contributed by atoms with van der Waals surface area (Å²) in [4.78, 5) is 4.46. The first-order valence-electron chi connectivity index (χ1n) is 6.47. The SMILES string of the molecule is CC(C)c1cc(CO)cc(OCc2ccccc2)n1. The highest BCUT2D eigenvalue weighted by Gasteiger charge is 2.07. The molecule has 0 aliphatic heterocycles. The zero-order chi connectivity index (χ0) is 13.7. The molecule has 0 bridgehead atoms. The van der Waals surface area contributed by atoms with Gasteiger partial charge in [-0.1, -0.05) is 44.2 Å². The molecule has 100 valence electrons. The van der Waals surface area contributed by atoms with Crippen molar-refractivity contribution in [2.45, 2.75) is 33.0 Å². The van der Waals surface area contributed by atoms with Gasteiger partial charge in [-0.25, -0.2) is 4.98 Å². The third kappa shape index (κ3) is 3.80. The Morgan fingerprint density at radius 3 is 2.47 bits per heavy atom. The molecule has 1 N–H and O–H groups in total. The fraction of sp³-hybridized carbons (Fsp3) is 0.312. The summed E-state index contributed by atoms with van der Waals surface area (Å²) in [7, 11) is 0. The van der Waals surface area contributed by atoms with Gasteiger partial charge in [0.05, 0.1) is 6.61 Å². The molecule has 2 rings (SSSR count). The van der Waals surface area contributed by atoms with Crippen molar-refractivity contribution in [1.82, 2.24) is 4.98 Å². The van der Waals surface area contributed by atoms with E-state index in [-0.39, 0.29) is 6.61 Å². The maximum Gasteiger partial charge on any atom is 0.214 e. The topological polar surface area (TPSA) is 42.4 Å². The van der Waals surface area contributed by atoms with Gasteiger partial charge < -0.3 is 9.84 Å². The molecule has 3 heteroatoms. The lowest BCUT2D eigenvalue weighted by molar-refractivity contribution is 0.274. The molecule has 0 amide bonds. The molecule has 0 aliphatic rings. The molecule has 0 radical (unpaired) electrons. The Kier molecular flexibility index (Phi) is 4.53. The van der Waals surface area contributed by atoms with E-state index < -0.39 is 0 Å². The Balaban J connectivity index is 2.13. The molecule has 0 fully saturated rings. The van der Waals surface area contributed by atoms with Gasteiger partial charge >= 0.3 is 0 Å². The Morgan fingerprint density at radius 1 is 1.11 bits per heavy atom. The molecule has 0 unspecified atom stereocenters. The van der Waals surface area contributed by atoms with Gasteiger partial charge in [0, 0.05) is 11.8 Å². The average Bonchev–Trinajstić information content (AvgIpc) is 2.45. The highest BCUT2D eigenvalue weighted by atomic mass is 16.5. The summed E-state index contributed by atoms with van der Waals surface area (Å²) < 4.78 is 5.70. The molecule has 19 heavy (non-hydrogen) atoms. The van der Waals surface area contributed by atoms with E-state index in [4.69, 9.17) is 4.74 Å². The van der Waals surface area contributed by atoms with Gasteiger partial charge in [-0.15, -0.1) is 0 Å². The van der Waals surface area contributed by atoms with Crippen LogP contribution >= 0.6 is 0 Å². The molecule has 0 spiro atoms. The Hall–Kier alpha value is -1.87. The molecule has 0 saturated heterocycles. The van der Waals surface area contributed by atoms with Gasteiger partial charge in [0.15, 0.2) is 0 Å². The van der Waals surface area contributed by atoms with E-state index in [1.165, 1.54) is 0 Å². The smallest absolute Gasteiger partial charge is 0.214 e. The van der Waals surface area contributed by atoms with Crippen molar-refractivity contribution >= 4 is 0 Å². The van der Waals surface area contributed by atoms with Crippen LogP contribution < -0.4 is 4.74 Å². The van der Waals surface area contributed by atoms with E-state index in [0.717, 1.165) is 16.8 Å². The van der Waals surface area contributed by atoms with Gasteiger partial charge in [0.1, 0.15) is 6.61 Å². The molecular weight excluding hydrogens is 238 g/mol. The summed E-state index contributed by atoms with van der Waals surface area (Å²) in [5.41, 5.74) is 2.88. The van der Waals surface area contributed by atoms with Crippen LogP contribution in [-0.2, 0) is 13.2 Å². The fourth-order valence-corrected chi connectivity index (χ4v) is 1.77. The average molecular weight is 257 g/mol. The van der Waals surface area contributed by atoms with Crippen LogP contribution in [0.1, 0.15) is 36.6 Å². The predicted molar refractivity (Wildman–Crippen MR) is 75.0 cm³/mol. The van der Waals surface area contributed by atoms with Crippen molar-refractivity contribution in [1.29, 1.82) is 0 Å². The monoisotopic (exact) mass is 257 g/mol. The van der Waals surface area contributed by atoms with Crippen LogP contribution in [0.2, 0.25) is 0 Å². The van der Waals surface area contributed by atoms with Gasteiger partial charge in [-0.3, -0.25) is 0 Å². The van der Waals surface area contributed by atoms with Gasteiger partial charge in [-0.2, -0.15) is 0 Å². The zero-order valence-corrected chi connectivity index (χ0v) is 11.3. The number of pyridine rings is 1. The summed E-state index contributed by atoms with van der Waals surface area (Å²) in [6, 6.07) is 13.7. The second kappa shape index (κ2) is 6.34.